The van der Waals surface area contributed by atoms with Crippen LogP contribution < -0.4 is 5.32 Å². The smallest absolute Gasteiger partial charge is 0.0708 e. The number of hydrogen-bond donors (Lipinski definition) is 1. The number of likely N-dealkylation sites (tertiary alicyclic amines) is 1. The molecule has 0 spiro atoms. The number of benzene rings is 1. The van der Waals surface area contributed by atoms with Gasteiger partial charge in [-0.1, -0.05) is 18.2 Å². The van der Waals surface area contributed by atoms with Crippen molar-refractivity contribution in [2.75, 3.05) is 20.1 Å². The molecule has 0 amide bonds. The average molecular weight is 283 g/mol. The normalized spacial score (nSPS) is 19.0. The fraction of sp³-hybridized carbons (Fsp3) is 0.500. The molecule has 2 aromatic rings. The number of aryl methyl sites for hydroxylation is 1. The van der Waals surface area contributed by atoms with Crippen LogP contribution >= 0.6 is 0 Å². The minimum Gasteiger partial charge on any atom is -0.314 e. The molecule has 0 bridgehead atoms. The van der Waals surface area contributed by atoms with Gasteiger partial charge in [0.1, 0.15) is 0 Å². The van der Waals surface area contributed by atoms with E-state index >= 15 is 0 Å². The summed E-state index contributed by atoms with van der Waals surface area (Å²) in [5.74, 6) is 0. The molecule has 0 unspecified atom stereocenters. The Labute approximate surface area is 127 Å². The van der Waals surface area contributed by atoms with Gasteiger partial charge >= 0.3 is 0 Å². The fourth-order valence-corrected chi connectivity index (χ4v) is 3.22. The number of nitrogens with zero attached hydrogens (tertiary/aromatic N) is 2. The maximum atomic E-state index is 4.64. The number of piperidine rings is 1. The lowest BCUT2D eigenvalue weighted by atomic mass is 9.89. The van der Waals surface area contributed by atoms with E-state index in [4.69, 9.17) is 0 Å². The van der Waals surface area contributed by atoms with E-state index in [0.29, 0.717) is 5.54 Å². The zero-order chi connectivity index (χ0) is 14.9. The van der Waals surface area contributed by atoms with Gasteiger partial charge < -0.3 is 5.32 Å². The van der Waals surface area contributed by atoms with Crippen LogP contribution in [0.15, 0.2) is 30.3 Å². The monoisotopic (exact) mass is 283 g/mol. The molecule has 2 heterocycles. The molecular weight excluding hydrogens is 258 g/mol. The molecule has 3 rings (SSSR count). The first-order valence-electron chi connectivity index (χ1n) is 7.86. The van der Waals surface area contributed by atoms with Crippen LogP contribution in [-0.4, -0.2) is 35.6 Å². The van der Waals surface area contributed by atoms with Gasteiger partial charge in [-0.05, 0) is 51.4 Å². The molecule has 1 aliphatic rings. The summed E-state index contributed by atoms with van der Waals surface area (Å²) in [7, 11) is 2.08. The van der Waals surface area contributed by atoms with Crippen molar-refractivity contribution in [1.82, 2.24) is 15.2 Å². The minimum atomic E-state index is 0.312. The van der Waals surface area contributed by atoms with Gasteiger partial charge in [-0.3, -0.25) is 9.88 Å². The van der Waals surface area contributed by atoms with E-state index in [1.54, 1.807) is 0 Å². The van der Waals surface area contributed by atoms with E-state index in [0.717, 1.165) is 30.8 Å². The van der Waals surface area contributed by atoms with E-state index in [2.05, 4.69) is 66.4 Å². The van der Waals surface area contributed by atoms with E-state index in [1.807, 2.05) is 0 Å². The van der Waals surface area contributed by atoms with Crippen LogP contribution in [0.2, 0.25) is 0 Å². The Morgan fingerprint density at radius 1 is 1.24 bits per heavy atom. The molecule has 112 valence electrons. The summed E-state index contributed by atoms with van der Waals surface area (Å²) in [6.07, 6.45) is 2.43. The van der Waals surface area contributed by atoms with Gasteiger partial charge in [-0.15, -0.1) is 0 Å². The second-order valence-electron chi connectivity index (χ2n) is 6.53. The predicted octanol–water partition coefficient (Wildman–Crippen LogP) is 3.12. The highest BCUT2D eigenvalue weighted by molar-refractivity contribution is 5.82. The van der Waals surface area contributed by atoms with Gasteiger partial charge in [0.25, 0.3) is 0 Å². The summed E-state index contributed by atoms with van der Waals surface area (Å²) in [5.41, 5.74) is 3.95. The van der Waals surface area contributed by atoms with Gasteiger partial charge in [-0.2, -0.15) is 0 Å². The van der Waals surface area contributed by atoms with Crippen molar-refractivity contribution in [1.29, 1.82) is 0 Å². The Balaban J connectivity index is 1.80. The van der Waals surface area contributed by atoms with Gasteiger partial charge in [0, 0.05) is 36.3 Å². The van der Waals surface area contributed by atoms with Crippen molar-refractivity contribution in [3.63, 3.8) is 0 Å². The van der Waals surface area contributed by atoms with Crippen LogP contribution in [0.25, 0.3) is 10.9 Å². The third-order valence-corrected chi connectivity index (χ3v) is 4.89. The summed E-state index contributed by atoms with van der Waals surface area (Å²) < 4.78 is 0. The summed E-state index contributed by atoms with van der Waals surface area (Å²) in [5, 5.41) is 4.76. The number of rotatable bonds is 3. The highest BCUT2D eigenvalue weighted by atomic mass is 15.1. The van der Waals surface area contributed by atoms with Crippen LogP contribution in [-0.2, 0) is 6.54 Å². The van der Waals surface area contributed by atoms with E-state index in [1.165, 1.54) is 23.8 Å². The molecule has 0 saturated carbocycles. The maximum Gasteiger partial charge on any atom is 0.0708 e. The van der Waals surface area contributed by atoms with Crippen molar-refractivity contribution in [3.8, 4) is 0 Å². The SMILES string of the molecule is CNC1(C)CCN(Cc2cc(C)nc3ccccc23)CC1. The number of fused-ring (bicyclic) bond motifs is 1. The largest absolute Gasteiger partial charge is 0.314 e. The third kappa shape index (κ3) is 3.09. The summed E-state index contributed by atoms with van der Waals surface area (Å²) in [4.78, 5) is 7.21. The lowest BCUT2D eigenvalue weighted by molar-refractivity contribution is 0.146. The molecule has 3 nitrogen and oxygen atoms in total. The number of para-hydroxylation sites is 1. The van der Waals surface area contributed by atoms with Gasteiger partial charge in [0.15, 0.2) is 0 Å². The summed E-state index contributed by atoms with van der Waals surface area (Å²) in [6.45, 7) is 7.77. The highest BCUT2D eigenvalue weighted by Gasteiger charge is 2.28. The molecular formula is C18H25N3. The molecule has 1 aromatic heterocycles. The van der Waals surface area contributed by atoms with Crippen LogP contribution in [0.4, 0.5) is 0 Å². The number of nitrogens with one attached hydrogen (secondary N) is 1. The van der Waals surface area contributed by atoms with Crippen molar-refractivity contribution in [2.45, 2.75) is 38.8 Å². The van der Waals surface area contributed by atoms with E-state index in [-0.39, 0.29) is 0 Å². The van der Waals surface area contributed by atoms with Crippen LogP contribution in [0.3, 0.4) is 0 Å². The number of pyridine rings is 1. The Hall–Kier alpha value is -1.45. The van der Waals surface area contributed by atoms with Crippen molar-refractivity contribution < 1.29 is 0 Å². The quantitative estimate of drug-likeness (QED) is 0.938. The Morgan fingerprint density at radius 3 is 2.67 bits per heavy atom. The lowest BCUT2D eigenvalue weighted by Crippen LogP contribution is -2.49. The van der Waals surface area contributed by atoms with Gasteiger partial charge in [0.05, 0.1) is 5.52 Å². The Bertz CT molecular complexity index is 627. The van der Waals surface area contributed by atoms with Crippen molar-refractivity contribution in [2.24, 2.45) is 0 Å². The molecule has 0 radical (unpaired) electrons. The number of aromatic nitrogens is 1. The first kappa shape index (κ1) is 14.5. The molecule has 1 N–H and O–H groups in total. The first-order valence-corrected chi connectivity index (χ1v) is 7.86. The van der Waals surface area contributed by atoms with Crippen molar-refractivity contribution >= 4 is 10.9 Å². The molecule has 1 aliphatic heterocycles. The fourth-order valence-electron chi connectivity index (χ4n) is 3.22. The molecule has 21 heavy (non-hydrogen) atoms. The Morgan fingerprint density at radius 2 is 1.95 bits per heavy atom. The van der Waals surface area contributed by atoms with Crippen LogP contribution in [0.1, 0.15) is 31.0 Å². The van der Waals surface area contributed by atoms with Crippen LogP contribution in [0, 0.1) is 6.92 Å². The minimum absolute atomic E-state index is 0.312. The molecule has 1 saturated heterocycles. The van der Waals surface area contributed by atoms with E-state index in [9.17, 15) is 0 Å². The van der Waals surface area contributed by atoms with Crippen molar-refractivity contribution in [3.05, 3.63) is 41.6 Å². The lowest BCUT2D eigenvalue weighted by Gasteiger charge is -2.39. The highest BCUT2D eigenvalue weighted by Crippen LogP contribution is 2.25. The molecule has 0 atom stereocenters. The maximum absolute atomic E-state index is 4.64. The third-order valence-electron chi connectivity index (χ3n) is 4.89. The van der Waals surface area contributed by atoms with Gasteiger partial charge in [0.2, 0.25) is 0 Å². The standard InChI is InChI=1S/C18H25N3/c1-14-12-15(16-6-4-5-7-17(16)20-14)13-21-10-8-18(2,19-3)9-11-21/h4-7,12,19H,8-11,13H2,1-3H3. The average Bonchev–Trinajstić information content (AvgIpc) is 2.49. The zero-order valence-corrected chi connectivity index (χ0v) is 13.3. The first-order chi connectivity index (χ1) is 10.1. The second-order valence-corrected chi connectivity index (χ2v) is 6.53. The van der Waals surface area contributed by atoms with E-state index < -0.39 is 0 Å². The molecule has 0 aliphatic carbocycles. The van der Waals surface area contributed by atoms with Gasteiger partial charge in [-0.25, -0.2) is 0 Å². The number of hydrogen-bond acceptors (Lipinski definition) is 3. The van der Waals surface area contributed by atoms with Crippen LogP contribution in [0.5, 0.6) is 0 Å². The molecule has 3 heteroatoms. The summed E-state index contributed by atoms with van der Waals surface area (Å²) >= 11 is 0. The topological polar surface area (TPSA) is 28.2 Å². The zero-order valence-electron chi connectivity index (χ0n) is 13.3. The predicted molar refractivity (Wildman–Crippen MR) is 88.5 cm³/mol. The second kappa shape index (κ2) is 5.74. The summed E-state index contributed by atoms with van der Waals surface area (Å²) in [6, 6.07) is 10.7. The molecule has 1 aromatic carbocycles. The Kier molecular flexibility index (Phi) is 3.96. The molecule has 1 fully saturated rings.